The summed E-state index contributed by atoms with van der Waals surface area (Å²) in [5, 5.41) is 27.0. The van der Waals surface area contributed by atoms with Crippen molar-refractivity contribution in [3.8, 4) is 5.75 Å². The molecule has 0 saturated heterocycles. The maximum atomic E-state index is 11.9. The van der Waals surface area contributed by atoms with Crippen molar-refractivity contribution in [3.63, 3.8) is 0 Å². The van der Waals surface area contributed by atoms with E-state index in [1.807, 2.05) is 0 Å². The Morgan fingerprint density at radius 1 is 1.14 bits per heavy atom. The number of nitro groups is 1. The van der Waals surface area contributed by atoms with Crippen LogP contribution in [0.2, 0.25) is 0 Å². The number of hydrogen-bond donors (Lipinski definition) is 3. The number of non-ortho nitro benzene ring substituents is 1. The number of para-hydroxylation sites is 1. The van der Waals surface area contributed by atoms with Gasteiger partial charge in [0.25, 0.3) is 5.69 Å². The van der Waals surface area contributed by atoms with Crippen LogP contribution in [0, 0.1) is 10.1 Å². The average Bonchev–Trinajstić information content (AvgIpc) is 2.70. The summed E-state index contributed by atoms with van der Waals surface area (Å²) in [5.41, 5.74) is 3.75. The minimum atomic E-state index is -0.536. The molecule has 0 heterocycles. The van der Waals surface area contributed by atoms with Crippen molar-refractivity contribution >= 4 is 29.4 Å². The largest absolute Gasteiger partial charge is 0.507 e. The molecule has 2 aromatic carbocycles. The van der Waals surface area contributed by atoms with Crippen LogP contribution in [0.1, 0.15) is 24.0 Å². The van der Waals surface area contributed by atoms with Crippen molar-refractivity contribution in [1.82, 2.24) is 5.43 Å². The molecule has 0 atom stereocenters. The number of phenols is 1. The number of rotatable bonds is 9. The maximum absolute atomic E-state index is 11.9. The summed E-state index contributed by atoms with van der Waals surface area (Å²) in [6, 6.07) is 10.5. The highest BCUT2D eigenvalue weighted by atomic mass is 16.6. The second kappa shape index (κ2) is 10.4. The van der Waals surface area contributed by atoms with Crippen molar-refractivity contribution in [2.45, 2.75) is 19.3 Å². The third kappa shape index (κ3) is 6.58. The topological polar surface area (TPSA) is 134 Å². The van der Waals surface area contributed by atoms with E-state index < -0.39 is 16.7 Å². The Morgan fingerprint density at radius 3 is 2.48 bits per heavy atom. The molecule has 2 aromatic rings. The van der Waals surface area contributed by atoms with E-state index >= 15 is 0 Å². The molecular weight excluding hydrogens is 376 g/mol. The van der Waals surface area contributed by atoms with Gasteiger partial charge in [0.1, 0.15) is 5.75 Å². The molecule has 0 fully saturated rings. The van der Waals surface area contributed by atoms with Gasteiger partial charge in [-0.2, -0.15) is 5.10 Å². The van der Waals surface area contributed by atoms with E-state index in [-0.39, 0.29) is 24.3 Å². The predicted molar refractivity (Wildman–Crippen MR) is 109 cm³/mol. The van der Waals surface area contributed by atoms with E-state index in [0.29, 0.717) is 23.2 Å². The number of nitrogens with zero attached hydrogens (tertiary/aromatic N) is 2. The zero-order valence-corrected chi connectivity index (χ0v) is 15.5. The minimum absolute atomic E-state index is 0.0628. The number of amides is 2. The molecule has 0 bridgehead atoms. The summed E-state index contributed by atoms with van der Waals surface area (Å²) in [7, 11) is 0. The number of carbonyl (C=O) groups is 2. The number of hydrazone groups is 1. The van der Waals surface area contributed by atoms with Gasteiger partial charge < -0.3 is 10.4 Å². The van der Waals surface area contributed by atoms with Crippen molar-refractivity contribution in [2.75, 3.05) is 5.32 Å². The lowest BCUT2D eigenvalue weighted by molar-refractivity contribution is -0.384. The zero-order valence-electron chi connectivity index (χ0n) is 15.5. The van der Waals surface area contributed by atoms with Crippen LogP contribution in [0.15, 0.2) is 60.2 Å². The van der Waals surface area contributed by atoms with Crippen LogP contribution in [0.25, 0.3) is 0 Å². The number of nitro benzene ring substituents is 1. The van der Waals surface area contributed by atoms with Crippen LogP contribution in [0.4, 0.5) is 11.4 Å². The Labute approximate surface area is 166 Å². The van der Waals surface area contributed by atoms with E-state index in [1.54, 1.807) is 24.3 Å². The molecule has 0 aliphatic rings. The summed E-state index contributed by atoms with van der Waals surface area (Å²) in [4.78, 5) is 33.7. The molecule has 0 aliphatic carbocycles. The van der Waals surface area contributed by atoms with Crippen LogP contribution >= 0.6 is 0 Å². The first-order valence-electron chi connectivity index (χ1n) is 8.68. The predicted octanol–water partition coefficient (Wildman–Crippen LogP) is 2.90. The number of allylic oxidation sites excluding steroid dienone is 1. The fraction of sp³-hybridized carbons (Fsp3) is 0.150. The van der Waals surface area contributed by atoms with Crippen LogP contribution in [0.3, 0.4) is 0 Å². The van der Waals surface area contributed by atoms with Gasteiger partial charge in [0.15, 0.2) is 0 Å². The second-order valence-corrected chi connectivity index (χ2v) is 5.99. The third-order valence-electron chi connectivity index (χ3n) is 3.85. The number of hydrogen-bond acceptors (Lipinski definition) is 6. The van der Waals surface area contributed by atoms with Crippen LogP contribution in [-0.4, -0.2) is 28.1 Å². The molecule has 3 N–H and O–H groups in total. The highest BCUT2D eigenvalue weighted by Gasteiger charge is 2.09. The summed E-state index contributed by atoms with van der Waals surface area (Å²) in [5.74, 6) is -0.817. The number of phenolic OH excluding ortho intramolecular Hbond substituents is 1. The van der Waals surface area contributed by atoms with E-state index in [9.17, 15) is 24.8 Å². The Morgan fingerprint density at radius 2 is 1.83 bits per heavy atom. The van der Waals surface area contributed by atoms with Crippen molar-refractivity contribution in [3.05, 3.63) is 76.4 Å². The van der Waals surface area contributed by atoms with Gasteiger partial charge in [-0.25, -0.2) is 5.43 Å². The first kappa shape index (κ1) is 21.3. The van der Waals surface area contributed by atoms with Crippen LogP contribution < -0.4 is 10.7 Å². The molecule has 2 rings (SSSR count). The fourth-order valence-corrected chi connectivity index (χ4v) is 2.38. The van der Waals surface area contributed by atoms with Gasteiger partial charge in [-0.15, -0.1) is 6.58 Å². The maximum Gasteiger partial charge on any atom is 0.269 e. The van der Waals surface area contributed by atoms with Gasteiger partial charge in [-0.05, 0) is 30.2 Å². The standard InChI is InChI=1S/C20H20N4O5/c1-2-4-14-5-3-6-15(20(14)27)13-21-23-19(26)12-11-18(25)22-16-7-9-17(10-8-16)24(28)29/h2-3,5-10,13,27H,1,4,11-12H2,(H,22,25)(H,23,26)/b21-13-. The molecule has 29 heavy (non-hydrogen) atoms. The number of benzene rings is 2. The molecule has 9 nitrogen and oxygen atoms in total. The Balaban J connectivity index is 1.80. The lowest BCUT2D eigenvalue weighted by Gasteiger charge is -2.05. The molecular formula is C20H20N4O5. The Bertz CT molecular complexity index is 938. The smallest absolute Gasteiger partial charge is 0.269 e. The zero-order chi connectivity index (χ0) is 21.2. The second-order valence-electron chi connectivity index (χ2n) is 5.99. The van der Waals surface area contributed by atoms with Crippen molar-refractivity contribution in [1.29, 1.82) is 0 Å². The van der Waals surface area contributed by atoms with Gasteiger partial charge in [0.2, 0.25) is 11.8 Å². The number of nitrogens with one attached hydrogen (secondary N) is 2. The molecule has 2 amide bonds. The monoisotopic (exact) mass is 396 g/mol. The first-order valence-corrected chi connectivity index (χ1v) is 8.68. The molecule has 150 valence electrons. The van der Waals surface area contributed by atoms with Crippen LogP contribution in [0.5, 0.6) is 5.75 Å². The lowest BCUT2D eigenvalue weighted by atomic mass is 10.1. The molecule has 0 unspecified atom stereocenters. The SMILES string of the molecule is C=CCc1cccc(/C=N\NC(=O)CCC(=O)Nc2ccc([N+](=O)[O-])cc2)c1O. The van der Waals surface area contributed by atoms with Gasteiger partial charge in [0.05, 0.1) is 11.1 Å². The van der Waals surface area contributed by atoms with Crippen molar-refractivity contribution < 1.29 is 19.6 Å². The number of carbonyl (C=O) groups excluding carboxylic acids is 2. The molecule has 0 aromatic heterocycles. The fourth-order valence-electron chi connectivity index (χ4n) is 2.38. The van der Waals surface area contributed by atoms with Crippen molar-refractivity contribution in [2.24, 2.45) is 5.10 Å². The van der Waals surface area contributed by atoms with E-state index in [2.05, 4.69) is 22.4 Å². The summed E-state index contributed by atoms with van der Waals surface area (Å²) in [6.45, 7) is 3.62. The number of anilines is 1. The molecule has 0 radical (unpaired) electrons. The van der Waals surface area contributed by atoms with Crippen LogP contribution in [-0.2, 0) is 16.0 Å². The normalized spacial score (nSPS) is 10.5. The van der Waals surface area contributed by atoms with E-state index in [4.69, 9.17) is 0 Å². The highest BCUT2D eigenvalue weighted by Crippen LogP contribution is 2.21. The van der Waals surface area contributed by atoms with Gasteiger partial charge in [-0.1, -0.05) is 18.2 Å². The summed E-state index contributed by atoms with van der Waals surface area (Å²) in [6.07, 6.45) is 3.30. The third-order valence-corrected chi connectivity index (χ3v) is 3.85. The highest BCUT2D eigenvalue weighted by molar-refractivity contribution is 5.93. The lowest BCUT2D eigenvalue weighted by Crippen LogP contribution is -2.20. The Hall–Kier alpha value is -4.01. The Kier molecular flexibility index (Phi) is 7.60. The van der Waals surface area contributed by atoms with Gasteiger partial charge >= 0.3 is 0 Å². The quantitative estimate of drug-likeness (QED) is 0.259. The van der Waals surface area contributed by atoms with E-state index in [0.717, 1.165) is 0 Å². The first-order chi connectivity index (χ1) is 13.9. The average molecular weight is 396 g/mol. The van der Waals surface area contributed by atoms with Gasteiger partial charge in [0, 0.05) is 36.2 Å². The van der Waals surface area contributed by atoms with Gasteiger partial charge in [-0.3, -0.25) is 19.7 Å². The molecule has 0 aliphatic heterocycles. The summed E-state index contributed by atoms with van der Waals surface area (Å²) >= 11 is 0. The molecule has 9 heteroatoms. The molecule has 0 spiro atoms. The molecule has 0 saturated carbocycles. The minimum Gasteiger partial charge on any atom is -0.507 e. The summed E-state index contributed by atoms with van der Waals surface area (Å²) < 4.78 is 0. The van der Waals surface area contributed by atoms with E-state index in [1.165, 1.54) is 30.5 Å². The number of aromatic hydroxyl groups is 1.